The zero-order valence-electron chi connectivity index (χ0n) is 35.3. The van der Waals surface area contributed by atoms with Crippen LogP contribution < -0.4 is 0 Å². The number of nitrogens with zero attached hydrogens (tertiary/aromatic N) is 1. The SMILES string of the molecule is C=NC1C(OCc2ccccc2)[C@H](OCc2ccccc2)C(COC(=O)c2ccccc2)O[C@H]1O[C@@H]1C(C(=O)OC)OC(O)C(OCc2ccccc2)[C@]1(C)OCc1ccccc1. The second-order valence-electron chi connectivity index (χ2n) is 15.4. The summed E-state index contributed by atoms with van der Waals surface area (Å²) < 4.78 is 57.4. The molecule has 0 aromatic heterocycles. The average Bonchev–Trinajstić information content (AvgIpc) is 3.33. The van der Waals surface area contributed by atoms with Gasteiger partial charge >= 0.3 is 11.9 Å². The van der Waals surface area contributed by atoms with Crippen LogP contribution in [0.5, 0.6) is 0 Å². The molecule has 5 aromatic rings. The summed E-state index contributed by atoms with van der Waals surface area (Å²) in [5, 5.41) is 11.6. The van der Waals surface area contributed by atoms with Gasteiger partial charge in [-0.3, -0.25) is 4.99 Å². The zero-order valence-corrected chi connectivity index (χ0v) is 35.3. The smallest absolute Gasteiger partial charge is 0.338 e. The minimum absolute atomic E-state index is 0.0357. The number of esters is 2. The van der Waals surface area contributed by atoms with E-state index in [0.717, 1.165) is 22.3 Å². The number of rotatable bonds is 19. The Balaban J connectivity index is 1.27. The molecule has 2 saturated heterocycles. The van der Waals surface area contributed by atoms with Crippen LogP contribution in [0.4, 0.5) is 0 Å². The Morgan fingerprint density at radius 1 is 0.651 bits per heavy atom. The first-order valence-electron chi connectivity index (χ1n) is 20.8. The summed E-state index contributed by atoms with van der Waals surface area (Å²) in [6, 6.07) is 45.6. The summed E-state index contributed by atoms with van der Waals surface area (Å²) in [5.74, 6) is -1.42. The average molecular weight is 860 g/mol. The van der Waals surface area contributed by atoms with Gasteiger partial charge in [-0.2, -0.15) is 0 Å². The fraction of sp³-hybridized carbons (Fsp3) is 0.340. The van der Waals surface area contributed by atoms with Gasteiger partial charge in [-0.05, 0) is 48.0 Å². The van der Waals surface area contributed by atoms with Crippen molar-refractivity contribution in [3.63, 3.8) is 0 Å². The highest BCUT2D eigenvalue weighted by molar-refractivity contribution is 5.89. The van der Waals surface area contributed by atoms with Crippen molar-refractivity contribution in [1.29, 1.82) is 0 Å². The summed E-state index contributed by atoms with van der Waals surface area (Å²) in [6.07, 6.45) is -10.0. The maximum atomic E-state index is 13.7. The van der Waals surface area contributed by atoms with E-state index in [1.807, 2.05) is 121 Å². The van der Waals surface area contributed by atoms with Gasteiger partial charge in [0.2, 0.25) is 0 Å². The first kappa shape index (κ1) is 45.4. The van der Waals surface area contributed by atoms with Crippen molar-refractivity contribution < 1.29 is 57.3 Å². The number of carbonyl (C=O) groups is 2. The molecular weight excluding hydrogens is 807 g/mol. The predicted octanol–water partition coefficient (Wildman–Crippen LogP) is 6.64. The molecule has 0 bridgehead atoms. The van der Waals surface area contributed by atoms with E-state index in [0.29, 0.717) is 5.56 Å². The Kier molecular flexibility index (Phi) is 16.0. The Hall–Kier alpha value is -5.61. The molecule has 7 rings (SSSR count). The first-order chi connectivity index (χ1) is 30.8. The Morgan fingerprint density at radius 2 is 1.13 bits per heavy atom. The number of benzene rings is 5. The van der Waals surface area contributed by atoms with Crippen molar-refractivity contribution in [1.82, 2.24) is 0 Å². The number of aliphatic hydroxyl groups is 1. The Labute approximate surface area is 367 Å². The van der Waals surface area contributed by atoms with Crippen LogP contribution in [-0.4, -0.2) is 98.3 Å². The molecule has 2 aliphatic heterocycles. The molecule has 330 valence electrons. The maximum Gasteiger partial charge on any atom is 0.338 e. The normalized spacial score (nSPS) is 26.9. The third-order valence-corrected chi connectivity index (χ3v) is 11.1. The molecule has 0 saturated carbocycles. The molecule has 2 heterocycles. The summed E-state index contributed by atoms with van der Waals surface area (Å²) in [7, 11) is 1.21. The Bertz CT molecular complexity index is 2170. The highest BCUT2D eigenvalue weighted by atomic mass is 16.7. The summed E-state index contributed by atoms with van der Waals surface area (Å²) >= 11 is 0. The number of aliphatic imine (C=N–C) groups is 1. The molecule has 63 heavy (non-hydrogen) atoms. The third-order valence-electron chi connectivity index (χ3n) is 11.1. The van der Waals surface area contributed by atoms with Crippen LogP contribution in [0.1, 0.15) is 39.5 Å². The van der Waals surface area contributed by atoms with Crippen molar-refractivity contribution >= 4 is 18.7 Å². The maximum absolute atomic E-state index is 13.7. The topological polar surface area (TPSA) is 150 Å². The van der Waals surface area contributed by atoms with E-state index in [1.165, 1.54) is 7.11 Å². The molecule has 1 N–H and O–H groups in total. The highest BCUT2D eigenvalue weighted by Crippen LogP contribution is 2.41. The standard InChI is InChI=1S/C50H53NO12/c1-50(60-32-37-25-15-7-16-26-37)44(43(47(53)55-3)62-48(54)45(50)58-31-36-23-13-6-14-24-36)63-49-40(51-2)42(57-30-35-21-11-5-12-22-35)41(56-29-34-19-9-4-10-20-34)39(61-49)33-59-46(52)38-27-17-8-18-28-38/h4-28,39-45,48-49,54H,2,29-33H2,1,3H3/t39?,40?,41-,42?,43?,44-,45?,48?,49+,50-/m1/s1. The van der Waals surface area contributed by atoms with Crippen molar-refractivity contribution in [3.8, 4) is 0 Å². The van der Waals surface area contributed by atoms with Gasteiger partial charge in [0.25, 0.3) is 0 Å². The lowest BCUT2D eigenvalue weighted by Gasteiger charge is -2.52. The van der Waals surface area contributed by atoms with E-state index in [9.17, 15) is 14.7 Å². The van der Waals surface area contributed by atoms with E-state index in [-0.39, 0.29) is 33.0 Å². The van der Waals surface area contributed by atoms with Crippen molar-refractivity contribution in [2.24, 2.45) is 4.99 Å². The monoisotopic (exact) mass is 859 g/mol. The minimum Gasteiger partial charge on any atom is -0.467 e. The number of hydrogen-bond donors (Lipinski definition) is 1. The quantitative estimate of drug-likeness (QED) is 0.0701. The van der Waals surface area contributed by atoms with E-state index >= 15 is 0 Å². The van der Waals surface area contributed by atoms with Crippen LogP contribution in [0.25, 0.3) is 0 Å². The third kappa shape index (κ3) is 11.5. The van der Waals surface area contributed by atoms with Crippen LogP contribution in [0.3, 0.4) is 0 Å². The fourth-order valence-corrected chi connectivity index (χ4v) is 7.74. The molecule has 0 aliphatic carbocycles. The van der Waals surface area contributed by atoms with Gasteiger partial charge < -0.3 is 47.7 Å². The van der Waals surface area contributed by atoms with Crippen LogP contribution in [0.15, 0.2) is 157 Å². The van der Waals surface area contributed by atoms with Crippen LogP contribution >= 0.6 is 0 Å². The molecule has 13 nitrogen and oxygen atoms in total. The fourth-order valence-electron chi connectivity index (χ4n) is 7.74. The molecule has 2 aliphatic rings. The number of carbonyl (C=O) groups excluding carboxylic acids is 2. The zero-order chi connectivity index (χ0) is 44.0. The highest BCUT2D eigenvalue weighted by Gasteiger charge is 2.61. The van der Waals surface area contributed by atoms with Crippen molar-refractivity contribution in [3.05, 3.63) is 179 Å². The molecule has 0 amide bonds. The number of ether oxygens (including phenoxy) is 9. The molecule has 13 heteroatoms. The molecule has 2 fully saturated rings. The number of aliphatic hydroxyl groups excluding tert-OH is 1. The van der Waals surface area contributed by atoms with Gasteiger partial charge in [-0.15, -0.1) is 0 Å². The van der Waals surface area contributed by atoms with Gasteiger partial charge in [0, 0.05) is 0 Å². The molecule has 0 radical (unpaired) electrons. The van der Waals surface area contributed by atoms with E-state index in [2.05, 4.69) is 11.7 Å². The second kappa shape index (κ2) is 22.1. The Morgan fingerprint density at radius 3 is 1.63 bits per heavy atom. The van der Waals surface area contributed by atoms with Gasteiger partial charge in [0.05, 0.1) is 39.1 Å². The van der Waals surface area contributed by atoms with Gasteiger partial charge in [-0.1, -0.05) is 140 Å². The van der Waals surface area contributed by atoms with E-state index in [4.69, 9.17) is 42.6 Å². The molecule has 6 unspecified atom stereocenters. The predicted molar refractivity (Wildman–Crippen MR) is 231 cm³/mol. The van der Waals surface area contributed by atoms with E-state index in [1.54, 1.807) is 37.3 Å². The lowest BCUT2D eigenvalue weighted by molar-refractivity contribution is -0.371. The van der Waals surface area contributed by atoms with Crippen LogP contribution in [-0.2, 0) is 73.9 Å². The largest absolute Gasteiger partial charge is 0.467 e. The first-order valence-corrected chi connectivity index (χ1v) is 20.8. The molecular formula is C50H53NO12. The lowest BCUT2D eigenvalue weighted by atomic mass is 9.84. The van der Waals surface area contributed by atoms with Crippen molar-refractivity contribution in [2.45, 2.75) is 94.2 Å². The number of methoxy groups -OCH3 is 1. The lowest BCUT2D eigenvalue weighted by Crippen LogP contribution is -2.71. The summed E-state index contributed by atoms with van der Waals surface area (Å²) in [4.78, 5) is 31.7. The summed E-state index contributed by atoms with van der Waals surface area (Å²) in [6.45, 7) is 5.74. The van der Waals surface area contributed by atoms with Gasteiger partial charge in [-0.25, -0.2) is 9.59 Å². The van der Waals surface area contributed by atoms with Crippen LogP contribution in [0, 0.1) is 0 Å². The van der Waals surface area contributed by atoms with Gasteiger partial charge in [0.1, 0.15) is 48.8 Å². The molecule has 5 aromatic carbocycles. The van der Waals surface area contributed by atoms with Gasteiger partial charge in [0.15, 0.2) is 18.7 Å². The minimum atomic E-state index is -1.66. The number of hydrogen-bond acceptors (Lipinski definition) is 13. The summed E-state index contributed by atoms with van der Waals surface area (Å²) in [5.41, 5.74) is 2.10. The van der Waals surface area contributed by atoms with Crippen LogP contribution in [0.2, 0.25) is 0 Å². The second-order valence-corrected chi connectivity index (χ2v) is 15.4. The molecule has 10 atom stereocenters. The van der Waals surface area contributed by atoms with E-state index < -0.39 is 72.8 Å². The van der Waals surface area contributed by atoms with Crippen molar-refractivity contribution in [2.75, 3.05) is 13.7 Å². The molecule has 0 spiro atoms.